The first-order valence-corrected chi connectivity index (χ1v) is 7.95. The van der Waals surface area contributed by atoms with Gasteiger partial charge in [0, 0.05) is 12.0 Å². The first kappa shape index (κ1) is 12.1. The van der Waals surface area contributed by atoms with Crippen molar-refractivity contribution in [2.24, 2.45) is 5.92 Å². The van der Waals surface area contributed by atoms with E-state index in [0.717, 1.165) is 33.3 Å². The molecule has 100 valence electrons. The van der Waals surface area contributed by atoms with Crippen LogP contribution in [-0.2, 0) is 0 Å². The van der Waals surface area contributed by atoms with Gasteiger partial charge in [0.2, 0.25) is 0 Å². The lowest BCUT2D eigenvalue weighted by molar-refractivity contribution is 0.432. The maximum absolute atomic E-state index is 6.18. The molecule has 1 saturated heterocycles. The van der Waals surface area contributed by atoms with Crippen LogP contribution in [0.15, 0.2) is 15.1 Å². The summed E-state index contributed by atoms with van der Waals surface area (Å²) in [4.78, 5) is 4.79. The number of rotatable bonds is 1. The van der Waals surface area contributed by atoms with E-state index >= 15 is 0 Å². The Morgan fingerprint density at radius 1 is 1.37 bits per heavy atom. The molecule has 3 N–H and O–H groups in total. The van der Waals surface area contributed by atoms with Crippen LogP contribution in [0.5, 0.6) is 0 Å². The zero-order valence-corrected chi connectivity index (χ0v) is 13.3. The van der Waals surface area contributed by atoms with Gasteiger partial charge in [-0.2, -0.15) is 9.61 Å². The van der Waals surface area contributed by atoms with Gasteiger partial charge in [-0.25, -0.2) is 4.98 Å². The summed E-state index contributed by atoms with van der Waals surface area (Å²) in [5, 5.41) is 7.77. The zero-order valence-electron chi connectivity index (χ0n) is 10.1. The van der Waals surface area contributed by atoms with Gasteiger partial charge in [-0.3, -0.25) is 0 Å². The summed E-state index contributed by atoms with van der Waals surface area (Å²) in [6, 6.07) is 0.648. The lowest BCUT2D eigenvalue weighted by atomic mass is 9.91. The number of nitrogens with one attached hydrogen (secondary N) is 1. The van der Waals surface area contributed by atoms with E-state index in [1.54, 1.807) is 10.7 Å². The summed E-state index contributed by atoms with van der Waals surface area (Å²) in [7, 11) is 0. The minimum Gasteiger partial charge on any atom is -0.383 e. The summed E-state index contributed by atoms with van der Waals surface area (Å²) in [5.74, 6) is 1.80. The second kappa shape index (κ2) is 4.17. The molecule has 2 bridgehead atoms. The Balaban J connectivity index is 1.89. The molecule has 0 spiro atoms. The minimum absolute atomic E-state index is 0.495. The van der Waals surface area contributed by atoms with Crippen LogP contribution in [0.25, 0.3) is 5.65 Å². The Morgan fingerprint density at radius 3 is 2.89 bits per heavy atom. The van der Waals surface area contributed by atoms with E-state index < -0.39 is 0 Å². The number of hydrogen-bond acceptors (Lipinski definition) is 4. The molecular formula is C12H13Br2N5. The topological polar surface area (TPSA) is 68.2 Å². The number of hydrogen-bond donors (Lipinski definition) is 2. The highest BCUT2D eigenvalue weighted by molar-refractivity contribution is 9.11. The number of anilines is 1. The molecule has 0 radical (unpaired) electrons. The average molecular weight is 387 g/mol. The van der Waals surface area contributed by atoms with Crippen molar-refractivity contribution in [1.82, 2.24) is 19.9 Å². The van der Waals surface area contributed by atoms with Crippen LogP contribution in [-0.4, -0.2) is 27.2 Å². The van der Waals surface area contributed by atoms with Crippen molar-refractivity contribution < 1.29 is 0 Å². The standard InChI is InChI=1S/C12H13Br2N5/c13-8-4-17-19-11(15)9(14)10(18-12(8)19)7-2-6-1-5(7)3-16-6/h4-7,16H,1-3,15H2/t5-,6-,7?/m0/s1. The van der Waals surface area contributed by atoms with E-state index in [-0.39, 0.29) is 0 Å². The molecule has 3 heterocycles. The van der Waals surface area contributed by atoms with Gasteiger partial charge in [0.25, 0.3) is 0 Å². The number of halogens is 2. The third kappa shape index (κ3) is 1.68. The summed E-state index contributed by atoms with van der Waals surface area (Å²) in [6.07, 6.45) is 4.14. The number of piperidine rings is 1. The smallest absolute Gasteiger partial charge is 0.172 e. The lowest BCUT2D eigenvalue weighted by Gasteiger charge is -2.23. The quantitative estimate of drug-likeness (QED) is 0.789. The van der Waals surface area contributed by atoms with Crippen LogP contribution >= 0.6 is 31.9 Å². The van der Waals surface area contributed by atoms with Crippen molar-refractivity contribution in [3.63, 3.8) is 0 Å². The predicted molar refractivity (Wildman–Crippen MR) is 80.1 cm³/mol. The van der Waals surface area contributed by atoms with Crippen molar-refractivity contribution >= 4 is 43.3 Å². The molecule has 2 aromatic heterocycles. The third-order valence-corrected chi connectivity index (χ3v) is 5.69. The number of aromatic nitrogens is 3. The van der Waals surface area contributed by atoms with Gasteiger partial charge in [-0.1, -0.05) is 0 Å². The summed E-state index contributed by atoms with van der Waals surface area (Å²) in [5.41, 5.74) is 8.06. The Hall–Kier alpha value is -0.660. The fourth-order valence-electron chi connectivity index (χ4n) is 3.40. The van der Waals surface area contributed by atoms with Crippen molar-refractivity contribution in [2.45, 2.75) is 24.8 Å². The van der Waals surface area contributed by atoms with Gasteiger partial charge in [0.15, 0.2) is 5.65 Å². The first-order valence-electron chi connectivity index (χ1n) is 6.36. The van der Waals surface area contributed by atoms with E-state index in [1.807, 2.05) is 0 Å². The van der Waals surface area contributed by atoms with E-state index in [2.05, 4.69) is 42.3 Å². The molecule has 19 heavy (non-hydrogen) atoms. The number of fused-ring (bicyclic) bond motifs is 3. The van der Waals surface area contributed by atoms with Crippen LogP contribution in [0, 0.1) is 5.92 Å². The second-order valence-electron chi connectivity index (χ2n) is 5.37. The molecule has 2 aromatic rings. The molecule has 3 atom stereocenters. The van der Waals surface area contributed by atoms with Crippen molar-refractivity contribution in [3.8, 4) is 0 Å². The predicted octanol–water partition coefficient (Wildman–Crippen LogP) is 2.30. The summed E-state index contributed by atoms with van der Waals surface area (Å²) in [6.45, 7) is 1.09. The minimum atomic E-state index is 0.495. The number of nitrogens with two attached hydrogens (primary N) is 1. The molecule has 4 rings (SSSR count). The second-order valence-corrected chi connectivity index (χ2v) is 7.01. The Kier molecular flexibility index (Phi) is 2.65. The van der Waals surface area contributed by atoms with Crippen LogP contribution < -0.4 is 11.1 Å². The highest BCUT2D eigenvalue weighted by Crippen LogP contribution is 2.45. The molecule has 1 aliphatic carbocycles. The van der Waals surface area contributed by atoms with Gasteiger partial charge in [0.1, 0.15) is 5.82 Å². The third-order valence-electron chi connectivity index (χ3n) is 4.32. The molecule has 2 aliphatic rings. The van der Waals surface area contributed by atoms with Crippen LogP contribution in [0.1, 0.15) is 24.5 Å². The maximum Gasteiger partial charge on any atom is 0.172 e. The molecular weight excluding hydrogens is 374 g/mol. The maximum atomic E-state index is 6.18. The zero-order chi connectivity index (χ0) is 13.1. The van der Waals surface area contributed by atoms with Crippen molar-refractivity contribution in [1.29, 1.82) is 0 Å². The van der Waals surface area contributed by atoms with Crippen LogP contribution in [0.3, 0.4) is 0 Å². The van der Waals surface area contributed by atoms with E-state index in [0.29, 0.717) is 23.7 Å². The van der Waals surface area contributed by atoms with Crippen LogP contribution in [0.2, 0.25) is 0 Å². The van der Waals surface area contributed by atoms with Gasteiger partial charge in [-0.15, -0.1) is 0 Å². The molecule has 2 fully saturated rings. The van der Waals surface area contributed by atoms with Gasteiger partial charge < -0.3 is 11.1 Å². The van der Waals surface area contributed by atoms with Gasteiger partial charge in [-0.05, 0) is 57.2 Å². The SMILES string of the molecule is Nc1c(Br)c(C2C[C@@H]3C[C@H]2CN3)nc2c(Br)cnn12. The van der Waals surface area contributed by atoms with Gasteiger partial charge in [0.05, 0.1) is 20.8 Å². The average Bonchev–Trinajstić information content (AvgIpc) is 3.09. The summed E-state index contributed by atoms with van der Waals surface area (Å²) < 4.78 is 3.45. The van der Waals surface area contributed by atoms with Gasteiger partial charge >= 0.3 is 0 Å². The monoisotopic (exact) mass is 385 g/mol. The Bertz CT molecular complexity index is 668. The lowest BCUT2D eigenvalue weighted by Crippen LogP contribution is -2.29. The fraction of sp³-hybridized carbons (Fsp3) is 0.500. The van der Waals surface area contributed by atoms with Crippen LogP contribution in [0.4, 0.5) is 5.82 Å². The summed E-state index contributed by atoms with van der Waals surface area (Å²) >= 11 is 7.09. The van der Waals surface area contributed by atoms with Crippen molar-refractivity contribution in [3.05, 3.63) is 20.8 Å². The molecule has 0 amide bonds. The normalized spacial score (nSPS) is 29.5. The van der Waals surface area contributed by atoms with E-state index in [4.69, 9.17) is 10.7 Å². The fourth-order valence-corrected chi connectivity index (χ4v) is 4.30. The molecule has 1 unspecified atom stereocenters. The Morgan fingerprint density at radius 2 is 2.21 bits per heavy atom. The molecule has 5 nitrogen and oxygen atoms in total. The largest absolute Gasteiger partial charge is 0.383 e. The highest BCUT2D eigenvalue weighted by Gasteiger charge is 2.42. The number of nitrogen functional groups attached to an aromatic ring is 1. The molecule has 7 heteroatoms. The molecule has 1 saturated carbocycles. The van der Waals surface area contributed by atoms with E-state index in [9.17, 15) is 0 Å². The van der Waals surface area contributed by atoms with E-state index in [1.165, 1.54) is 6.42 Å². The molecule has 0 aromatic carbocycles. The Labute approximate surface area is 127 Å². The number of nitrogens with zero attached hydrogens (tertiary/aromatic N) is 3. The highest BCUT2D eigenvalue weighted by atomic mass is 79.9. The molecule has 1 aliphatic heterocycles. The van der Waals surface area contributed by atoms with Crippen molar-refractivity contribution in [2.75, 3.05) is 12.3 Å². The first-order chi connectivity index (χ1) is 9.15.